The summed E-state index contributed by atoms with van der Waals surface area (Å²) in [6.07, 6.45) is 1.90. The molecule has 20 heavy (non-hydrogen) atoms. The van der Waals surface area contributed by atoms with Gasteiger partial charge < -0.3 is 4.74 Å². The molecule has 0 fully saturated rings. The van der Waals surface area contributed by atoms with E-state index in [1.807, 2.05) is 54.7 Å². The SMILES string of the molecule is COc1ccc(-c2cn(C(C)=O)c3ccccc23)cc1. The lowest BCUT2D eigenvalue weighted by atomic mass is 10.0. The quantitative estimate of drug-likeness (QED) is 0.702. The third kappa shape index (κ3) is 1.97. The van der Waals surface area contributed by atoms with Crippen molar-refractivity contribution in [2.75, 3.05) is 7.11 Å². The van der Waals surface area contributed by atoms with E-state index in [0.29, 0.717) is 0 Å². The maximum Gasteiger partial charge on any atom is 0.227 e. The number of rotatable bonds is 2. The van der Waals surface area contributed by atoms with Crippen LogP contribution in [0.15, 0.2) is 54.7 Å². The van der Waals surface area contributed by atoms with E-state index in [9.17, 15) is 4.79 Å². The molecular weight excluding hydrogens is 250 g/mol. The molecule has 0 aliphatic heterocycles. The van der Waals surface area contributed by atoms with Crippen molar-refractivity contribution < 1.29 is 9.53 Å². The molecule has 3 rings (SSSR count). The zero-order valence-corrected chi connectivity index (χ0v) is 11.5. The van der Waals surface area contributed by atoms with Crippen molar-refractivity contribution >= 4 is 16.8 Å². The van der Waals surface area contributed by atoms with Gasteiger partial charge in [-0.1, -0.05) is 30.3 Å². The number of aromatic nitrogens is 1. The molecule has 3 heteroatoms. The second-order valence-corrected chi connectivity index (χ2v) is 4.68. The van der Waals surface area contributed by atoms with Gasteiger partial charge in [-0.3, -0.25) is 9.36 Å². The highest BCUT2D eigenvalue weighted by molar-refractivity contribution is 6.01. The highest BCUT2D eigenvalue weighted by atomic mass is 16.5. The summed E-state index contributed by atoms with van der Waals surface area (Å²) < 4.78 is 6.87. The van der Waals surface area contributed by atoms with E-state index in [1.54, 1.807) is 18.6 Å². The molecule has 0 amide bonds. The molecule has 0 bridgehead atoms. The summed E-state index contributed by atoms with van der Waals surface area (Å²) in [5.41, 5.74) is 3.06. The molecule has 1 heterocycles. The smallest absolute Gasteiger partial charge is 0.227 e. The molecule has 2 aromatic carbocycles. The minimum atomic E-state index is 0.0148. The molecule has 0 saturated carbocycles. The molecule has 100 valence electrons. The van der Waals surface area contributed by atoms with Crippen LogP contribution < -0.4 is 4.74 Å². The highest BCUT2D eigenvalue weighted by Crippen LogP contribution is 2.31. The number of benzene rings is 2. The van der Waals surface area contributed by atoms with Crippen LogP contribution in [0.2, 0.25) is 0 Å². The topological polar surface area (TPSA) is 31.2 Å². The van der Waals surface area contributed by atoms with Gasteiger partial charge in [0.1, 0.15) is 5.75 Å². The van der Waals surface area contributed by atoms with Crippen LogP contribution in [0.3, 0.4) is 0 Å². The van der Waals surface area contributed by atoms with Crippen LogP contribution in [0.4, 0.5) is 0 Å². The number of para-hydroxylation sites is 1. The van der Waals surface area contributed by atoms with Crippen molar-refractivity contribution in [2.24, 2.45) is 0 Å². The Labute approximate surface area is 117 Å². The Kier molecular flexibility index (Phi) is 3.03. The Balaban J connectivity index is 2.22. The normalized spacial score (nSPS) is 10.7. The van der Waals surface area contributed by atoms with E-state index in [0.717, 1.165) is 27.8 Å². The van der Waals surface area contributed by atoms with Crippen LogP contribution in [-0.4, -0.2) is 17.6 Å². The van der Waals surface area contributed by atoms with Gasteiger partial charge in [0.05, 0.1) is 12.6 Å². The molecular formula is C17H15NO2. The first-order valence-electron chi connectivity index (χ1n) is 6.46. The van der Waals surface area contributed by atoms with Gasteiger partial charge in [-0.25, -0.2) is 0 Å². The van der Waals surface area contributed by atoms with Gasteiger partial charge in [0.2, 0.25) is 5.91 Å². The van der Waals surface area contributed by atoms with Crippen LogP contribution in [-0.2, 0) is 0 Å². The Hall–Kier alpha value is -2.55. The average molecular weight is 265 g/mol. The van der Waals surface area contributed by atoms with E-state index in [1.165, 1.54) is 0 Å². The third-order valence-corrected chi connectivity index (χ3v) is 3.45. The van der Waals surface area contributed by atoms with E-state index >= 15 is 0 Å². The first-order chi connectivity index (χ1) is 9.70. The summed E-state index contributed by atoms with van der Waals surface area (Å²) in [6, 6.07) is 15.8. The third-order valence-electron chi connectivity index (χ3n) is 3.45. The fraction of sp³-hybridized carbons (Fsp3) is 0.118. The van der Waals surface area contributed by atoms with Crippen molar-refractivity contribution in [1.29, 1.82) is 0 Å². The van der Waals surface area contributed by atoms with Gasteiger partial charge >= 0.3 is 0 Å². The molecule has 0 N–H and O–H groups in total. The fourth-order valence-corrected chi connectivity index (χ4v) is 2.44. The van der Waals surface area contributed by atoms with E-state index in [4.69, 9.17) is 4.74 Å². The maximum absolute atomic E-state index is 11.7. The standard InChI is InChI=1S/C17H15NO2/c1-12(19)18-11-16(15-5-3-4-6-17(15)18)13-7-9-14(20-2)10-8-13/h3-11H,1-2H3. The van der Waals surface area contributed by atoms with Crippen molar-refractivity contribution in [3.8, 4) is 16.9 Å². The molecule has 1 aromatic heterocycles. The number of ether oxygens (including phenoxy) is 1. The number of carbonyl (C=O) groups is 1. The number of methoxy groups -OCH3 is 1. The van der Waals surface area contributed by atoms with E-state index < -0.39 is 0 Å². The van der Waals surface area contributed by atoms with Crippen LogP contribution in [0.25, 0.3) is 22.0 Å². The van der Waals surface area contributed by atoms with Crippen LogP contribution in [0.5, 0.6) is 5.75 Å². The fourth-order valence-electron chi connectivity index (χ4n) is 2.44. The van der Waals surface area contributed by atoms with E-state index in [2.05, 4.69) is 0 Å². The van der Waals surface area contributed by atoms with Gasteiger partial charge in [0.25, 0.3) is 0 Å². The van der Waals surface area contributed by atoms with Gasteiger partial charge in [-0.2, -0.15) is 0 Å². The molecule has 0 aliphatic carbocycles. The Morgan fingerprint density at radius 3 is 2.40 bits per heavy atom. The second-order valence-electron chi connectivity index (χ2n) is 4.68. The molecule has 0 unspecified atom stereocenters. The number of fused-ring (bicyclic) bond motifs is 1. The van der Waals surface area contributed by atoms with Gasteiger partial charge in [0, 0.05) is 24.1 Å². The highest BCUT2D eigenvalue weighted by Gasteiger charge is 2.11. The second kappa shape index (κ2) is 4.85. The van der Waals surface area contributed by atoms with Crippen molar-refractivity contribution in [2.45, 2.75) is 6.92 Å². The molecule has 0 spiro atoms. The first kappa shape index (κ1) is 12.5. The molecule has 0 radical (unpaired) electrons. The van der Waals surface area contributed by atoms with Crippen molar-refractivity contribution in [1.82, 2.24) is 4.57 Å². The Morgan fingerprint density at radius 1 is 1.05 bits per heavy atom. The Bertz CT molecular complexity index is 769. The largest absolute Gasteiger partial charge is 0.497 e. The predicted octanol–water partition coefficient (Wildman–Crippen LogP) is 3.98. The van der Waals surface area contributed by atoms with Gasteiger partial charge in [-0.05, 0) is 23.8 Å². The van der Waals surface area contributed by atoms with Crippen LogP contribution in [0.1, 0.15) is 11.7 Å². The predicted molar refractivity (Wildman–Crippen MR) is 80.2 cm³/mol. The van der Waals surface area contributed by atoms with Crippen molar-refractivity contribution in [3.05, 3.63) is 54.7 Å². The lowest BCUT2D eigenvalue weighted by Gasteiger charge is -2.02. The summed E-state index contributed by atoms with van der Waals surface area (Å²) >= 11 is 0. The summed E-state index contributed by atoms with van der Waals surface area (Å²) in [6.45, 7) is 1.57. The average Bonchev–Trinajstić information content (AvgIpc) is 2.87. The number of nitrogens with zero attached hydrogens (tertiary/aromatic N) is 1. The zero-order valence-electron chi connectivity index (χ0n) is 11.5. The summed E-state index contributed by atoms with van der Waals surface area (Å²) in [4.78, 5) is 11.7. The minimum absolute atomic E-state index is 0.0148. The van der Waals surface area contributed by atoms with Gasteiger partial charge in [0.15, 0.2) is 0 Å². The van der Waals surface area contributed by atoms with Crippen molar-refractivity contribution in [3.63, 3.8) is 0 Å². The summed E-state index contributed by atoms with van der Waals surface area (Å²) in [5.74, 6) is 0.838. The molecule has 0 aliphatic rings. The molecule has 3 nitrogen and oxygen atoms in total. The minimum Gasteiger partial charge on any atom is -0.497 e. The maximum atomic E-state index is 11.7. The van der Waals surface area contributed by atoms with Crippen LogP contribution in [0, 0.1) is 0 Å². The van der Waals surface area contributed by atoms with Crippen LogP contribution >= 0.6 is 0 Å². The monoisotopic (exact) mass is 265 g/mol. The zero-order chi connectivity index (χ0) is 14.1. The first-order valence-corrected chi connectivity index (χ1v) is 6.46. The Morgan fingerprint density at radius 2 is 1.75 bits per heavy atom. The van der Waals surface area contributed by atoms with E-state index in [-0.39, 0.29) is 5.91 Å². The number of hydrogen-bond donors (Lipinski definition) is 0. The summed E-state index contributed by atoms with van der Waals surface area (Å²) in [7, 11) is 1.65. The molecule has 3 aromatic rings. The molecule has 0 atom stereocenters. The summed E-state index contributed by atoms with van der Waals surface area (Å²) in [5, 5.41) is 1.08. The molecule has 0 saturated heterocycles. The van der Waals surface area contributed by atoms with Gasteiger partial charge in [-0.15, -0.1) is 0 Å². The number of hydrogen-bond acceptors (Lipinski definition) is 2. The number of carbonyl (C=O) groups excluding carboxylic acids is 1. The lowest BCUT2D eigenvalue weighted by Crippen LogP contribution is -2.02. The lowest BCUT2D eigenvalue weighted by molar-refractivity contribution is 0.0942.